The van der Waals surface area contributed by atoms with Crippen molar-refractivity contribution in [1.29, 1.82) is 0 Å². The topological polar surface area (TPSA) is 12.5 Å². The average Bonchev–Trinajstić information content (AvgIpc) is 2.53. The van der Waals surface area contributed by atoms with Crippen LogP contribution < -0.4 is 4.74 Å². The zero-order chi connectivity index (χ0) is 15.9. The first kappa shape index (κ1) is 19.5. The van der Waals surface area contributed by atoms with Gasteiger partial charge in [-0.1, -0.05) is 48.5 Å². The van der Waals surface area contributed by atoms with Gasteiger partial charge in [0.05, 0.1) is 7.11 Å². The third-order valence-corrected chi connectivity index (χ3v) is 4.15. The summed E-state index contributed by atoms with van der Waals surface area (Å²) in [7, 11) is 1.74. The van der Waals surface area contributed by atoms with Gasteiger partial charge >= 0.3 is 0 Å². The first-order valence-corrected chi connectivity index (χ1v) is 8.03. The van der Waals surface area contributed by atoms with Crippen LogP contribution in [0.3, 0.4) is 0 Å². The van der Waals surface area contributed by atoms with Crippen molar-refractivity contribution in [3.8, 4) is 5.75 Å². The number of rotatable bonds is 7. The van der Waals surface area contributed by atoms with Gasteiger partial charge in [-0.2, -0.15) is 0 Å². The van der Waals surface area contributed by atoms with Gasteiger partial charge in [0, 0.05) is 18.6 Å². The van der Waals surface area contributed by atoms with Crippen molar-refractivity contribution >= 4 is 12.4 Å². The van der Waals surface area contributed by atoms with Gasteiger partial charge in [0.1, 0.15) is 5.75 Å². The normalized spacial score (nSPS) is 12.1. The molecule has 2 rings (SSSR count). The summed E-state index contributed by atoms with van der Waals surface area (Å²) in [5.41, 5.74) is 2.64. The fourth-order valence-electron chi connectivity index (χ4n) is 2.95. The van der Waals surface area contributed by atoms with Crippen LogP contribution in [0.15, 0.2) is 54.6 Å². The van der Waals surface area contributed by atoms with E-state index in [9.17, 15) is 0 Å². The minimum Gasteiger partial charge on any atom is -0.496 e. The van der Waals surface area contributed by atoms with Gasteiger partial charge in [-0.25, -0.2) is 0 Å². The molecule has 0 saturated heterocycles. The molecule has 0 spiro atoms. The molecule has 0 aromatic heterocycles. The molecule has 0 fully saturated rings. The molecule has 0 bridgehead atoms. The molecule has 0 N–H and O–H groups in total. The molecule has 0 amide bonds. The number of hydrogen-bond donors (Lipinski definition) is 0. The summed E-state index contributed by atoms with van der Waals surface area (Å²) in [5.74, 6) is 0.984. The van der Waals surface area contributed by atoms with E-state index in [0.717, 1.165) is 18.7 Å². The summed E-state index contributed by atoms with van der Waals surface area (Å²) >= 11 is 0. The number of ether oxygens (including phenoxy) is 1. The first-order valence-electron chi connectivity index (χ1n) is 8.03. The van der Waals surface area contributed by atoms with E-state index in [2.05, 4.69) is 68.1 Å². The number of benzene rings is 2. The van der Waals surface area contributed by atoms with E-state index in [0.29, 0.717) is 12.1 Å². The lowest BCUT2D eigenvalue weighted by molar-refractivity contribution is 0.153. The zero-order valence-corrected chi connectivity index (χ0v) is 15.3. The Bertz CT molecular complexity index is 571. The lowest BCUT2D eigenvalue weighted by Gasteiger charge is -2.33. The molecule has 2 nitrogen and oxygen atoms in total. The molecule has 3 heteroatoms. The van der Waals surface area contributed by atoms with Crippen molar-refractivity contribution in [2.75, 3.05) is 7.11 Å². The Kier molecular flexibility index (Phi) is 8.15. The van der Waals surface area contributed by atoms with Crippen molar-refractivity contribution in [1.82, 2.24) is 4.90 Å². The highest BCUT2D eigenvalue weighted by molar-refractivity contribution is 5.85. The summed E-state index contributed by atoms with van der Waals surface area (Å²) < 4.78 is 5.49. The predicted molar refractivity (Wildman–Crippen MR) is 101 cm³/mol. The lowest BCUT2D eigenvalue weighted by Crippen LogP contribution is -2.39. The molecule has 2 aromatic rings. The Morgan fingerprint density at radius 3 is 2.13 bits per heavy atom. The maximum Gasteiger partial charge on any atom is 0.122 e. The Labute approximate surface area is 146 Å². The smallest absolute Gasteiger partial charge is 0.122 e. The molecule has 0 aliphatic rings. The molecule has 0 aliphatic carbocycles. The van der Waals surface area contributed by atoms with Gasteiger partial charge in [0.2, 0.25) is 0 Å². The maximum absolute atomic E-state index is 5.49. The first-order chi connectivity index (χ1) is 10.6. The van der Waals surface area contributed by atoms with Crippen LogP contribution in [0, 0.1) is 0 Å². The number of halogens is 1. The third-order valence-electron chi connectivity index (χ3n) is 4.15. The molecule has 0 saturated carbocycles. The summed E-state index contributed by atoms with van der Waals surface area (Å²) in [5, 5.41) is 0. The predicted octanol–water partition coefficient (Wildman–Crippen LogP) is 4.96. The second kappa shape index (κ2) is 9.59. The number of hydrogen-bond acceptors (Lipinski definition) is 2. The van der Waals surface area contributed by atoms with E-state index in [4.69, 9.17) is 4.74 Å². The van der Waals surface area contributed by atoms with Crippen LogP contribution in [0.4, 0.5) is 0 Å². The molecular formula is C20H28ClNO. The molecule has 2 aromatic carbocycles. The van der Waals surface area contributed by atoms with Crippen molar-refractivity contribution in [3.05, 3.63) is 65.7 Å². The summed E-state index contributed by atoms with van der Waals surface area (Å²) in [6, 6.07) is 20.0. The Morgan fingerprint density at radius 2 is 1.52 bits per heavy atom. The quantitative estimate of drug-likeness (QED) is 0.710. The molecule has 0 aliphatic heterocycles. The van der Waals surface area contributed by atoms with Crippen LogP contribution in [-0.2, 0) is 13.0 Å². The van der Waals surface area contributed by atoms with Gasteiger partial charge in [-0.15, -0.1) is 12.4 Å². The van der Waals surface area contributed by atoms with Gasteiger partial charge in [-0.05, 0) is 44.4 Å². The van der Waals surface area contributed by atoms with Gasteiger partial charge in [0.15, 0.2) is 0 Å². The highest BCUT2D eigenvalue weighted by Gasteiger charge is 2.19. The molecule has 23 heavy (non-hydrogen) atoms. The maximum atomic E-state index is 5.49. The molecule has 1 unspecified atom stereocenters. The molecule has 126 valence electrons. The van der Waals surface area contributed by atoms with Crippen LogP contribution in [0.1, 0.15) is 31.9 Å². The summed E-state index contributed by atoms with van der Waals surface area (Å²) in [6.07, 6.45) is 0.995. The van der Waals surface area contributed by atoms with Gasteiger partial charge in [0.25, 0.3) is 0 Å². The molecule has 0 radical (unpaired) electrons. The highest BCUT2D eigenvalue weighted by Crippen LogP contribution is 2.22. The molecular weight excluding hydrogens is 306 g/mol. The van der Waals surface area contributed by atoms with Gasteiger partial charge < -0.3 is 4.74 Å². The van der Waals surface area contributed by atoms with Crippen molar-refractivity contribution in [3.63, 3.8) is 0 Å². The van der Waals surface area contributed by atoms with Crippen LogP contribution in [0.2, 0.25) is 0 Å². The van der Waals surface area contributed by atoms with Crippen molar-refractivity contribution in [2.45, 2.75) is 45.8 Å². The van der Waals surface area contributed by atoms with E-state index < -0.39 is 0 Å². The van der Waals surface area contributed by atoms with Crippen LogP contribution in [0.25, 0.3) is 0 Å². The van der Waals surface area contributed by atoms with Crippen molar-refractivity contribution in [2.24, 2.45) is 0 Å². The Hall–Kier alpha value is -1.51. The summed E-state index contributed by atoms with van der Waals surface area (Å²) in [6.45, 7) is 7.81. The van der Waals surface area contributed by atoms with E-state index in [1.807, 2.05) is 12.1 Å². The Balaban J connectivity index is 0.00000264. The fourth-order valence-corrected chi connectivity index (χ4v) is 2.95. The zero-order valence-electron chi connectivity index (χ0n) is 14.5. The van der Waals surface area contributed by atoms with E-state index in [1.54, 1.807) is 7.11 Å². The number of para-hydroxylation sites is 1. The number of methoxy groups -OCH3 is 1. The second-order valence-corrected chi connectivity index (χ2v) is 6.12. The van der Waals surface area contributed by atoms with Gasteiger partial charge in [-0.3, -0.25) is 4.90 Å². The van der Waals surface area contributed by atoms with E-state index >= 15 is 0 Å². The van der Waals surface area contributed by atoms with Crippen LogP contribution >= 0.6 is 12.4 Å². The fraction of sp³-hybridized carbons (Fsp3) is 0.400. The number of nitrogens with zero attached hydrogens (tertiary/aromatic N) is 1. The SMILES string of the molecule is COc1ccccc1CC(C)N(Cc1ccccc1)C(C)C.Cl. The summed E-state index contributed by atoms with van der Waals surface area (Å²) in [4.78, 5) is 2.54. The minimum atomic E-state index is 0. The van der Waals surface area contributed by atoms with Crippen molar-refractivity contribution < 1.29 is 4.74 Å². The minimum absolute atomic E-state index is 0. The standard InChI is InChI=1S/C20H27NO.ClH/c1-16(2)21(15-18-10-6-5-7-11-18)17(3)14-19-12-8-9-13-20(19)22-4;/h5-13,16-17H,14-15H2,1-4H3;1H. The average molecular weight is 334 g/mol. The largest absolute Gasteiger partial charge is 0.496 e. The second-order valence-electron chi connectivity index (χ2n) is 6.12. The lowest BCUT2D eigenvalue weighted by atomic mass is 10.0. The molecule has 0 heterocycles. The monoisotopic (exact) mass is 333 g/mol. The highest BCUT2D eigenvalue weighted by atomic mass is 35.5. The third kappa shape index (κ3) is 5.56. The van der Waals surface area contributed by atoms with Crippen LogP contribution in [0.5, 0.6) is 5.75 Å². The Morgan fingerprint density at radius 1 is 0.913 bits per heavy atom. The van der Waals surface area contributed by atoms with Crippen LogP contribution in [-0.4, -0.2) is 24.1 Å². The molecule has 1 atom stereocenters. The van der Waals surface area contributed by atoms with E-state index in [1.165, 1.54) is 11.1 Å². The van der Waals surface area contributed by atoms with E-state index in [-0.39, 0.29) is 12.4 Å².